The highest BCUT2D eigenvalue weighted by molar-refractivity contribution is 8.03. The second-order valence-corrected chi connectivity index (χ2v) is 10.4. The maximum atomic E-state index is 6.27. The number of hydrogen-bond donors (Lipinski definition) is 2. The molecule has 0 amide bonds. The van der Waals surface area contributed by atoms with Crippen LogP contribution >= 0.6 is 23.4 Å². The molecule has 0 radical (unpaired) electrons. The third kappa shape index (κ3) is 4.07. The van der Waals surface area contributed by atoms with Crippen molar-refractivity contribution in [2.24, 2.45) is 5.92 Å². The average molecular weight is 434 g/mol. The summed E-state index contributed by atoms with van der Waals surface area (Å²) in [7, 11) is 0. The molecule has 29 heavy (non-hydrogen) atoms. The minimum atomic E-state index is 0.152. The molecule has 1 aliphatic carbocycles. The molecule has 1 unspecified atom stereocenters. The van der Waals surface area contributed by atoms with Crippen LogP contribution in [0.2, 0.25) is 5.28 Å². The van der Waals surface area contributed by atoms with Crippen LogP contribution in [0, 0.1) is 5.92 Å². The summed E-state index contributed by atoms with van der Waals surface area (Å²) in [5.41, 5.74) is 5.14. The fourth-order valence-electron chi connectivity index (χ4n) is 4.90. The maximum absolute atomic E-state index is 6.27. The summed E-state index contributed by atoms with van der Waals surface area (Å²) in [6, 6.07) is 0.479. The predicted molar refractivity (Wildman–Crippen MR) is 119 cm³/mol. The van der Waals surface area contributed by atoms with E-state index >= 15 is 0 Å². The summed E-state index contributed by atoms with van der Waals surface area (Å²) in [5.74, 6) is 1.45. The van der Waals surface area contributed by atoms with E-state index in [1.807, 2.05) is 18.1 Å². The fraction of sp³-hybridized carbons (Fsp3) is 0.650. The first-order chi connectivity index (χ1) is 14.1. The van der Waals surface area contributed by atoms with Crippen molar-refractivity contribution in [3.05, 3.63) is 23.2 Å². The van der Waals surface area contributed by atoms with Gasteiger partial charge in [-0.3, -0.25) is 0 Å². The van der Waals surface area contributed by atoms with Gasteiger partial charge in [0.2, 0.25) is 5.28 Å². The summed E-state index contributed by atoms with van der Waals surface area (Å²) in [5, 5.41) is 8.18. The van der Waals surface area contributed by atoms with Crippen LogP contribution < -0.4 is 10.7 Å². The molecular formula is C20H28ClN7S. The van der Waals surface area contributed by atoms with Crippen LogP contribution in [0.3, 0.4) is 0 Å². The molecule has 5 rings (SSSR count). The lowest BCUT2D eigenvalue weighted by atomic mass is 9.91. The Morgan fingerprint density at radius 2 is 2.03 bits per heavy atom. The minimum Gasteiger partial charge on any atom is -0.376 e. The number of imidazole rings is 1. The van der Waals surface area contributed by atoms with E-state index in [0.29, 0.717) is 6.04 Å². The Morgan fingerprint density at radius 3 is 2.76 bits per heavy atom. The normalized spacial score (nSPS) is 26.4. The van der Waals surface area contributed by atoms with Gasteiger partial charge in [-0.05, 0) is 62.0 Å². The van der Waals surface area contributed by atoms with Gasteiger partial charge in [0.05, 0.1) is 11.2 Å². The van der Waals surface area contributed by atoms with Gasteiger partial charge in [0.25, 0.3) is 0 Å². The predicted octanol–water partition coefficient (Wildman–Crippen LogP) is 4.55. The highest BCUT2D eigenvalue weighted by atomic mass is 35.5. The molecule has 2 aliphatic heterocycles. The van der Waals surface area contributed by atoms with E-state index < -0.39 is 0 Å². The van der Waals surface area contributed by atoms with E-state index in [1.165, 1.54) is 44.9 Å². The van der Waals surface area contributed by atoms with Crippen molar-refractivity contribution in [3.63, 3.8) is 0 Å². The Balaban J connectivity index is 1.26. The van der Waals surface area contributed by atoms with E-state index in [2.05, 4.69) is 53.8 Å². The molecule has 9 heteroatoms. The highest BCUT2D eigenvalue weighted by Crippen LogP contribution is 2.37. The fourth-order valence-corrected chi connectivity index (χ4v) is 5.97. The zero-order valence-electron chi connectivity index (χ0n) is 16.8. The number of piperidine rings is 1. The first-order valence-corrected chi connectivity index (χ1v) is 11.9. The Morgan fingerprint density at radius 1 is 1.24 bits per heavy atom. The number of hydrazine groups is 1. The number of halogens is 1. The second kappa shape index (κ2) is 7.96. The smallest absolute Gasteiger partial charge is 0.226 e. The van der Waals surface area contributed by atoms with Gasteiger partial charge in [0, 0.05) is 25.3 Å². The number of fused-ring (bicyclic) bond motifs is 1. The molecule has 7 nitrogen and oxygen atoms in total. The van der Waals surface area contributed by atoms with Gasteiger partial charge >= 0.3 is 0 Å². The summed E-state index contributed by atoms with van der Waals surface area (Å²) >= 11 is 8.17. The van der Waals surface area contributed by atoms with Crippen LogP contribution in [0.5, 0.6) is 0 Å². The summed E-state index contributed by atoms with van der Waals surface area (Å²) in [6.07, 6.45) is 12.4. The van der Waals surface area contributed by atoms with Crippen molar-refractivity contribution >= 4 is 40.3 Å². The molecule has 0 bridgehead atoms. The van der Waals surface area contributed by atoms with Crippen LogP contribution in [0.25, 0.3) is 11.2 Å². The molecule has 1 atom stereocenters. The largest absolute Gasteiger partial charge is 0.376 e. The van der Waals surface area contributed by atoms with Crippen LogP contribution in [-0.2, 0) is 0 Å². The van der Waals surface area contributed by atoms with Crippen molar-refractivity contribution in [1.82, 2.24) is 29.8 Å². The lowest BCUT2D eigenvalue weighted by molar-refractivity contribution is 0.198. The number of nitrogens with zero attached hydrogens (tertiary/aromatic N) is 5. The lowest BCUT2D eigenvalue weighted by Gasteiger charge is -2.36. The van der Waals surface area contributed by atoms with E-state index in [4.69, 9.17) is 11.6 Å². The molecule has 1 saturated heterocycles. The van der Waals surface area contributed by atoms with Crippen molar-refractivity contribution < 1.29 is 0 Å². The molecule has 0 aromatic carbocycles. The first-order valence-electron chi connectivity index (χ1n) is 10.6. The Bertz CT molecular complexity index is 892. The number of rotatable bonds is 5. The van der Waals surface area contributed by atoms with Gasteiger partial charge < -0.3 is 15.3 Å². The van der Waals surface area contributed by atoms with Gasteiger partial charge in [-0.15, -0.1) is 11.8 Å². The summed E-state index contributed by atoms with van der Waals surface area (Å²) in [4.78, 5) is 13.7. The molecular weight excluding hydrogens is 406 g/mol. The number of aromatic nitrogens is 4. The van der Waals surface area contributed by atoms with Gasteiger partial charge in [-0.2, -0.15) is 9.97 Å². The molecule has 1 saturated carbocycles. The Hall–Kier alpha value is -1.51. The number of thioether (sulfide) groups is 1. The molecule has 156 valence electrons. The van der Waals surface area contributed by atoms with Crippen molar-refractivity contribution in [2.45, 2.75) is 62.8 Å². The van der Waals surface area contributed by atoms with E-state index in [1.54, 1.807) is 0 Å². The zero-order chi connectivity index (χ0) is 19.8. The van der Waals surface area contributed by atoms with E-state index in [0.717, 1.165) is 36.0 Å². The summed E-state index contributed by atoms with van der Waals surface area (Å²) in [6.45, 7) is 4.28. The third-order valence-corrected chi connectivity index (χ3v) is 7.70. The van der Waals surface area contributed by atoms with Gasteiger partial charge in [0.15, 0.2) is 17.0 Å². The monoisotopic (exact) mass is 433 g/mol. The van der Waals surface area contributed by atoms with Gasteiger partial charge in [-0.25, -0.2) is 9.99 Å². The third-order valence-electron chi connectivity index (χ3n) is 6.45. The van der Waals surface area contributed by atoms with Crippen LogP contribution in [-0.4, -0.2) is 42.5 Å². The van der Waals surface area contributed by atoms with E-state index in [9.17, 15) is 0 Å². The zero-order valence-corrected chi connectivity index (χ0v) is 18.3. The number of nitrogens with one attached hydrogen (secondary N) is 2. The molecule has 4 heterocycles. The quantitative estimate of drug-likeness (QED) is 0.670. The van der Waals surface area contributed by atoms with Gasteiger partial charge in [0.1, 0.15) is 0 Å². The molecule has 2 aromatic heterocycles. The topological polar surface area (TPSA) is 70.9 Å². The average Bonchev–Trinajstić information content (AvgIpc) is 3.44. The number of anilines is 1. The molecule has 3 aliphatic rings. The SMILES string of the molecule is CC1(CC2CCN(Nc3nc(Cl)nc4c3ncn4C3CCCC3)CC2)NC=CS1. The van der Waals surface area contributed by atoms with Crippen molar-refractivity contribution in [1.29, 1.82) is 0 Å². The highest BCUT2D eigenvalue weighted by Gasteiger charge is 2.31. The molecule has 2 N–H and O–H groups in total. The summed E-state index contributed by atoms with van der Waals surface area (Å²) < 4.78 is 2.19. The molecule has 2 aromatic rings. The number of hydrogen-bond acceptors (Lipinski definition) is 7. The lowest BCUT2D eigenvalue weighted by Crippen LogP contribution is -2.41. The molecule has 0 spiro atoms. The molecule has 2 fully saturated rings. The van der Waals surface area contributed by atoms with Crippen LogP contribution in [0.4, 0.5) is 5.82 Å². The first kappa shape index (κ1) is 19.5. The minimum absolute atomic E-state index is 0.152. The van der Waals surface area contributed by atoms with Crippen molar-refractivity contribution in [2.75, 3.05) is 18.5 Å². The van der Waals surface area contributed by atoms with Gasteiger partial charge in [-0.1, -0.05) is 12.8 Å². The second-order valence-electron chi connectivity index (χ2n) is 8.65. The standard InChI is InChI=1S/C20H28ClN7S/c1-20(23-8-11-29-20)12-14-6-9-27(10-7-14)26-17-16-18(25-19(21)24-17)28(13-22-16)15-4-2-3-5-15/h8,11,13-15,23H,2-7,9-10,12H2,1H3,(H,24,25,26). The maximum Gasteiger partial charge on any atom is 0.226 e. The van der Waals surface area contributed by atoms with Crippen LogP contribution in [0.15, 0.2) is 17.9 Å². The van der Waals surface area contributed by atoms with Crippen LogP contribution in [0.1, 0.15) is 57.9 Å². The van der Waals surface area contributed by atoms with E-state index in [-0.39, 0.29) is 10.2 Å². The Labute approximate surface area is 180 Å². The Kier molecular flexibility index (Phi) is 5.34. The van der Waals surface area contributed by atoms with Crippen molar-refractivity contribution in [3.8, 4) is 0 Å².